The molecule has 0 radical (unpaired) electrons. The van der Waals surface area contributed by atoms with Gasteiger partial charge in [0.2, 0.25) is 0 Å². The minimum atomic E-state index is 0.911. The Labute approximate surface area is 128 Å². The standard InChI is InChI=1S/C17H19BrN2/c1-2-19-12-14-7-8-15(11-16(14)18)20-10-9-13-5-3-4-6-17(13)20/h3-8,11,19H,2,9-10,12H2,1H3. The molecule has 104 valence electrons. The maximum Gasteiger partial charge on any atom is 0.0444 e. The first-order chi connectivity index (χ1) is 9.79. The number of para-hydroxylation sites is 1. The summed E-state index contributed by atoms with van der Waals surface area (Å²) in [5.74, 6) is 0. The highest BCUT2D eigenvalue weighted by Crippen LogP contribution is 2.35. The summed E-state index contributed by atoms with van der Waals surface area (Å²) in [5, 5.41) is 3.37. The SMILES string of the molecule is CCNCc1ccc(N2CCc3ccccc32)cc1Br. The van der Waals surface area contributed by atoms with Crippen LogP contribution in [-0.4, -0.2) is 13.1 Å². The minimum absolute atomic E-state index is 0.911. The molecule has 2 nitrogen and oxygen atoms in total. The van der Waals surface area contributed by atoms with Crippen LogP contribution in [0.5, 0.6) is 0 Å². The molecule has 0 saturated heterocycles. The molecule has 0 aromatic heterocycles. The second-order valence-corrected chi connectivity index (χ2v) is 5.94. The molecule has 0 saturated carbocycles. The van der Waals surface area contributed by atoms with E-state index in [4.69, 9.17) is 0 Å². The van der Waals surface area contributed by atoms with Gasteiger partial charge in [0.15, 0.2) is 0 Å². The Morgan fingerprint density at radius 1 is 1.20 bits per heavy atom. The number of nitrogens with zero attached hydrogens (tertiary/aromatic N) is 1. The van der Waals surface area contributed by atoms with E-state index in [2.05, 4.69) is 75.5 Å². The molecule has 0 bridgehead atoms. The molecule has 20 heavy (non-hydrogen) atoms. The van der Waals surface area contributed by atoms with Crippen molar-refractivity contribution in [2.24, 2.45) is 0 Å². The minimum Gasteiger partial charge on any atom is -0.341 e. The Morgan fingerprint density at radius 2 is 2.05 bits per heavy atom. The van der Waals surface area contributed by atoms with Gasteiger partial charge in [0.1, 0.15) is 0 Å². The van der Waals surface area contributed by atoms with Gasteiger partial charge in [0.05, 0.1) is 0 Å². The zero-order valence-electron chi connectivity index (χ0n) is 11.7. The second kappa shape index (κ2) is 5.98. The van der Waals surface area contributed by atoms with Gasteiger partial charge in [-0.15, -0.1) is 0 Å². The van der Waals surface area contributed by atoms with Crippen LogP contribution in [0, 0.1) is 0 Å². The zero-order valence-corrected chi connectivity index (χ0v) is 13.3. The van der Waals surface area contributed by atoms with Crippen molar-refractivity contribution in [3.63, 3.8) is 0 Å². The molecular weight excluding hydrogens is 312 g/mol. The lowest BCUT2D eigenvalue weighted by atomic mass is 10.1. The smallest absolute Gasteiger partial charge is 0.0444 e. The van der Waals surface area contributed by atoms with E-state index >= 15 is 0 Å². The summed E-state index contributed by atoms with van der Waals surface area (Å²) >= 11 is 3.70. The van der Waals surface area contributed by atoms with Crippen LogP contribution < -0.4 is 10.2 Å². The van der Waals surface area contributed by atoms with Gasteiger partial charge in [-0.05, 0) is 42.3 Å². The van der Waals surface area contributed by atoms with Gasteiger partial charge < -0.3 is 10.2 Å². The van der Waals surface area contributed by atoms with Crippen LogP contribution in [0.4, 0.5) is 11.4 Å². The fraction of sp³-hybridized carbons (Fsp3) is 0.294. The van der Waals surface area contributed by atoms with Crippen molar-refractivity contribution in [1.82, 2.24) is 5.32 Å². The number of rotatable bonds is 4. The average molecular weight is 331 g/mol. The largest absolute Gasteiger partial charge is 0.341 e. The normalized spacial score (nSPS) is 13.6. The molecule has 3 rings (SSSR count). The molecule has 1 aliphatic rings. The molecule has 0 atom stereocenters. The molecule has 0 amide bonds. The monoisotopic (exact) mass is 330 g/mol. The van der Waals surface area contributed by atoms with Gasteiger partial charge in [0.25, 0.3) is 0 Å². The highest BCUT2D eigenvalue weighted by atomic mass is 79.9. The predicted molar refractivity (Wildman–Crippen MR) is 88.7 cm³/mol. The lowest BCUT2D eigenvalue weighted by Crippen LogP contribution is -2.15. The molecule has 2 aromatic rings. The van der Waals surface area contributed by atoms with Crippen LogP contribution >= 0.6 is 15.9 Å². The van der Waals surface area contributed by atoms with Gasteiger partial charge in [-0.3, -0.25) is 0 Å². The van der Waals surface area contributed by atoms with Crippen LogP contribution in [-0.2, 0) is 13.0 Å². The summed E-state index contributed by atoms with van der Waals surface area (Å²) in [7, 11) is 0. The second-order valence-electron chi connectivity index (χ2n) is 5.09. The number of hydrogen-bond acceptors (Lipinski definition) is 2. The summed E-state index contributed by atoms with van der Waals surface area (Å²) in [6.45, 7) is 5.10. The maximum atomic E-state index is 3.70. The van der Waals surface area contributed by atoms with Crippen molar-refractivity contribution in [3.05, 3.63) is 58.1 Å². The maximum absolute atomic E-state index is 3.70. The van der Waals surface area contributed by atoms with E-state index in [9.17, 15) is 0 Å². The van der Waals surface area contributed by atoms with Crippen molar-refractivity contribution in [2.45, 2.75) is 19.9 Å². The summed E-state index contributed by atoms with van der Waals surface area (Å²) in [6, 6.07) is 15.3. The van der Waals surface area contributed by atoms with Gasteiger partial charge in [-0.25, -0.2) is 0 Å². The van der Waals surface area contributed by atoms with Crippen molar-refractivity contribution in [3.8, 4) is 0 Å². The van der Waals surface area contributed by atoms with E-state index in [-0.39, 0.29) is 0 Å². The Bertz CT molecular complexity index is 610. The fourth-order valence-electron chi connectivity index (χ4n) is 2.71. The van der Waals surface area contributed by atoms with E-state index < -0.39 is 0 Å². The number of hydrogen-bond donors (Lipinski definition) is 1. The first-order valence-corrected chi connectivity index (χ1v) is 7.93. The zero-order chi connectivity index (χ0) is 13.9. The van der Waals surface area contributed by atoms with Crippen LogP contribution in [0.25, 0.3) is 0 Å². The number of nitrogens with one attached hydrogen (secondary N) is 1. The van der Waals surface area contributed by atoms with Crippen LogP contribution in [0.1, 0.15) is 18.1 Å². The summed E-state index contributed by atoms with van der Waals surface area (Å²) < 4.78 is 1.18. The molecule has 1 N–H and O–H groups in total. The number of anilines is 2. The highest BCUT2D eigenvalue weighted by Gasteiger charge is 2.20. The Morgan fingerprint density at radius 3 is 2.85 bits per heavy atom. The summed E-state index contributed by atoms with van der Waals surface area (Å²) in [6.07, 6.45) is 1.13. The summed E-state index contributed by atoms with van der Waals surface area (Å²) in [4.78, 5) is 2.40. The van der Waals surface area contributed by atoms with E-state index in [1.54, 1.807) is 0 Å². The molecule has 1 heterocycles. The van der Waals surface area contributed by atoms with Crippen molar-refractivity contribution < 1.29 is 0 Å². The van der Waals surface area contributed by atoms with E-state index in [1.165, 1.54) is 27.0 Å². The molecule has 2 aromatic carbocycles. The average Bonchev–Trinajstić information content (AvgIpc) is 2.90. The van der Waals surface area contributed by atoms with Crippen LogP contribution in [0.15, 0.2) is 46.9 Å². The topological polar surface area (TPSA) is 15.3 Å². The Kier molecular flexibility index (Phi) is 4.08. The quantitative estimate of drug-likeness (QED) is 0.901. The van der Waals surface area contributed by atoms with Crippen LogP contribution in [0.3, 0.4) is 0 Å². The summed E-state index contributed by atoms with van der Waals surface area (Å²) in [5.41, 5.74) is 5.37. The number of halogens is 1. The van der Waals surface area contributed by atoms with E-state index in [0.29, 0.717) is 0 Å². The lowest BCUT2D eigenvalue weighted by Gasteiger charge is -2.20. The molecule has 1 aliphatic heterocycles. The third kappa shape index (κ3) is 2.60. The fourth-order valence-corrected chi connectivity index (χ4v) is 3.22. The van der Waals surface area contributed by atoms with Gasteiger partial charge in [0, 0.05) is 28.9 Å². The highest BCUT2D eigenvalue weighted by molar-refractivity contribution is 9.10. The molecule has 0 unspecified atom stereocenters. The van der Waals surface area contributed by atoms with Gasteiger partial charge in [-0.2, -0.15) is 0 Å². The van der Waals surface area contributed by atoms with Crippen molar-refractivity contribution in [1.29, 1.82) is 0 Å². The van der Waals surface area contributed by atoms with Crippen molar-refractivity contribution in [2.75, 3.05) is 18.0 Å². The van der Waals surface area contributed by atoms with E-state index in [1.807, 2.05) is 0 Å². The molecule has 3 heteroatoms. The Hall–Kier alpha value is -1.32. The van der Waals surface area contributed by atoms with Crippen LogP contribution in [0.2, 0.25) is 0 Å². The van der Waals surface area contributed by atoms with Crippen molar-refractivity contribution >= 4 is 27.3 Å². The number of fused-ring (bicyclic) bond motifs is 1. The molecule has 0 spiro atoms. The first-order valence-electron chi connectivity index (χ1n) is 7.14. The third-order valence-electron chi connectivity index (χ3n) is 3.80. The van der Waals surface area contributed by atoms with E-state index in [0.717, 1.165) is 26.1 Å². The van der Waals surface area contributed by atoms with Gasteiger partial charge >= 0.3 is 0 Å². The molecule has 0 fully saturated rings. The third-order valence-corrected chi connectivity index (χ3v) is 4.54. The first kappa shape index (κ1) is 13.7. The molecular formula is C17H19BrN2. The lowest BCUT2D eigenvalue weighted by molar-refractivity contribution is 0.724. The predicted octanol–water partition coefficient (Wildman–Crippen LogP) is 4.25. The Balaban J connectivity index is 1.87. The molecule has 0 aliphatic carbocycles. The van der Waals surface area contributed by atoms with Gasteiger partial charge in [-0.1, -0.05) is 47.1 Å². The number of benzene rings is 2.